The summed E-state index contributed by atoms with van der Waals surface area (Å²) in [7, 11) is 1.35. The zero-order valence-electron chi connectivity index (χ0n) is 9.87. The second kappa shape index (κ2) is 6.30. The third-order valence-electron chi connectivity index (χ3n) is 1.93. The van der Waals surface area contributed by atoms with Crippen molar-refractivity contribution in [3.05, 3.63) is 23.5 Å². The normalized spacial score (nSPS) is 10.8. The van der Waals surface area contributed by atoms with Gasteiger partial charge in [-0.2, -0.15) is 5.48 Å². The van der Waals surface area contributed by atoms with Crippen molar-refractivity contribution < 1.29 is 14.4 Å². The molecule has 0 aliphatic carbocycles. The van der Waals surface area contributed by atoms with Crippen LogP contribution in [0.15, 0.2) is 12.1 Å². The maximum Gasteiger partial charge on any atom is 0.354 e. The molecule has 1 heterocycles. The zero-order valence-corrected chi connectivity index (χ0v) is 9.87. The molecule has 5 nitrogen and oxygen atoms in total. The first-order valence-corrected chi connectivity index (χ1v) is 5.24. The average molecular weight is 226 g/mol. The Bertz CT molecular complexity index is 334. The van der Waals surface area contributed by atoms with Crippen LogP contribution in [0.2, 0.25) is 0 Å². The van der Waals surface area contributed by atoms with E-state index in [2.05, 4.69) is 29.0 Å². The summed E-state index contributed by atoms with van der Waals surface area (Å²) in [4.78, 5) is 19.3. The molecule has 0 unspecified atom stereocenters. The van der Waals surface area contributed by atoms with Crippen LogP contribution < -0.4 is 5.48 Å². The molecule has 0 bridgehead atoms. The highest BCUT2D eigenvalue weighted by Crippen LogP contribution is 2.03. The summed E-state index contributed by atoms with van der Waals surface area (Å²) in [6.45, 7) is 5.34. The molecule has 0 saturated carbocycles. The lowest BCUT2D eigenvalue weighted by Gasteiger charge is -2.06. The highest BCUT2D eigenvalue weighted by atomic mass is 16.6. The number of aromatic nitrogens is 1. The van der Waals surface area contributed by atoms with Gasteiger partial charge in [0.05, 0.1) is 20.3 Å². The van der Waals surface area contributed by atoms with E-state index in [0.29, 0.717) is 24.8 Å². The molecule has 1 rings (SSSR count). The Balaban J connectivity index is 2.32. The monoisotopic (exact) mass is 226 g/mol. The molecule has 16 heavy (non-hydrogen) atoms. The Morgan fingerprint density at radius 3 is 2.88 bits per heavy atom. The molecule has 0 saturated heterocycles. The van der Waals surface area contributed by atoms with Crippen LogP contribution in [0.5, 0.6) is 0 Å². The minimum absolute atomic E-state index is 0.366. The topological polar surface area (TPSA) is 63.4 Å². The van der Waals surface area contributed by atoms with Crippen molar-refractivity contribution in [2.75, 3.05) is 13.7 Å². The smallest absolute Gasteiger partial charge is 0.354 e. The van der Waals surface area contributed by atoms with Crippen LogP contribution in [0.3, 0.4) is 0 Å². The Hall–Kier alpha value is -1.33. The van der Waals surface area contributed by atoms with Gasteiger partial charge in [-0.15, -0.1) is 0 Å². The van der Waals surface area contributed by atoms with Crippen molar-refractivity contribution in [1.82, 2.24) is 10.5 Å². The van der Waals surface area contributed by atoms with Crippen LogP contribution in [0.25, 0.3) is 0 Å². The van der Waals surface area contributed by atoms with Gasteiger partial charge in [0, 0.05) is 5.69 Å². The number of hydrogen-bond donors (Lipinski definition) is 2. The van der Waals surface area contributed by atoms with Crippen LogP contribution in [0.1, 0.15) is 30.0 Å². The number of esters is 1. The molecule has 0 aliphatic heterocycles. The number of rotatable bonds is 6. The van der Waals surface area contributed by atoms with E-state index in [1.807, 2.05) is 6.07 Å². The average Bonchev–Trinajstić information content (AvgIpc) is 2.71. The molecule has 0 aromatic carbocycles. The molecule has 0 fully saturated rings. The van der Waals surface area contributed by atoms with Gasteiger partial charge in [0.2, 0.25) is 0 Å². The Labute approximate surface area is 95.1 Å². The molecular weight excluding hydrogens is 208 g/mol. The largest absolute Gasteiger partial charge is 0.464 e. The van der Waals surface area contributed by atoms with E-state index < -0.39 is 0 Å². The zero-order chi connectivity index (χ0) is 12.0. The maximum atomic E-state index is 11.1. The summed E-state index contributed by atoms with van der Waals surface area (Å²) in [5, 5.41) is 0. The highest BCUT2D eigenvalue weighted by Gasteiger charge is 2.07. The summed E-state index contributed by atoms with van der Waals surface area (Å²) in [5.41, 5.74) is 4.15. The summed E-state index contributed by atoms with van der Waals surface area (Å²) in [5.74, 6) is 0.121. The fourth-order valence-corrected chi connectivity index (χ4v) is 1.13. The first kappa shape index (κ1) is 12.7. The molecular formula is C11H18N2O3. The highest BCUT2D eigenvalue weighted by molar-refractivity contribution is 5.87. The number of H-pyrrole nitrogens is 1. The van der Waals surface area contributed by atoms with Gasteiger partial charge in [0.15, 0.2) is 0 Å². The Morgan fingerprint density at radius 1 is 1.50 bits per heavy atom. The van der Waals surface area contributed by atoms with Gasteiger partial charge >= 0.3 is 5.97 Å². The lowest BCUT2D eigenvalue weighted by atomic mass is 10.2. The summed E-state index contributed by atoms with van der Waals surface area (Å²) in [6, 6.07) is 3.50. The number of methoxy groups -OCH3 is 1. The standard InChI is InChI=1S/C11H18N2O3/c1-8(2)7-16-12-6-9-4-5-10(13-9)11(14)15-3/h4-5,8,12-13H,6-7H2,1-3H3. The van der Waals surface area contributed by atoms with Crippen LogP contribution in [-0.4, -0.2) is 24.7 Å². The van der Waals surface area contributed by atoms with E-state index in [1.54, 1.807) is 6.07 Å². The number of nitrogens with one attached hydrogen (secondary N) is 2. The molecule has 2 N–H and O–H groups in total. The summed E-state index contributed by atoms with van der Waals surface area (Å²) < 4.78 is 4.58. The van der Waals surface area contributed by atoms with Gasteiger partial charge < -0.3 is 14.6 Å². The molecule has 1 aromatic heterocycles. The molecule has 0 aliphatic rings. The van der Waals surface area contributed by atoms with Crippen molar-refractivity contribution in [1.29, 1.82) is 0 Å². The van der Waals surface area contributed by atoms with Crippen LogP contribution in [-0.2, 0) is 16.1 Å². The van der Waals surface area contributed by atoms with Gasteiger partial charge in [-0.1, -0.05) is 13.8 Å². The van der Waals surface area contributed by atoms with Gasteiger partial charge in [-0.25, -0.2) is 4.79 Å². The van der Waals surface area contributed by atoms with E-state index in [4.69, 9.17) is 4.84 Å². The third kappa shape index (κ3) is 4.04. The first-order chi connectivity index (χ1) is 7.63. The molecule has 5 heteroatoms. The predicted octanol–water partition coefficient (Wildman–Crippen LogP) is 1.48. The van der Waals surface area contributed by atoms with Gasteiger partial charge in [0.1, 0.15) is 5.69 Å². The Kier molecular flexibility index (Phi) is 5.01. The number of ether oxygens (including phenoxy) is 1. The quantitative estimate of drug-likeness (QED) is 0.438. The number of hydroxylamine groups is 1. The van der Waals surface area contributed by atoms with Crippen LogP contribution in [0.4, 0.5) is 0 Å². The lowest BCUT2D eigenvalue weighted by Crippen LogP contribution is -2.17. The van der Waals surface area contributed by atoms with Crippen molar-refractivity contribution in [2.24, 2.45) is 5.92 Å². The van der Waals surface area contributed by atoms with Crippen molar-refractivity contribution in [3.8, 4) is 0 Å². The SMILES string of the molecule is COC(=O)c1ccc(CNOCC(C)C)[nH]1. The second-order valence-corrected chi connectivity index (χ2v) is 3.91. The number of carbonyl (C=O) groups is 1. The van der Waals surface area contributed by atoms with E-state index in [0.717, 1.165) is 5.69 Å². The van der Waals surface area contributed by atoms with E-state index in [9.17, 15) is 4.79 Å². The van der Waals surface area contributed by atoms with Gasteiger partial charge in [-0.3, -0.25) is 0 Å². The summed E-state index contributed by atoms with van der Waals surface area (Å²) >= 11 is 0. The minimum atomic E-state index is -0.366. The van der Waals surface area contributed by atoms with E-state index >= 15 is 0 Å². The van der Waals surface area contributed by atoms with E-state index in [1.165, 1.54) is 7.11 Å². The third-order valence-corrected chi connectivity index (χ3v) is 1.93. The molecule has 0 amide bonds. The fourth-order valence-electron chi connectivity index (χ4n) is 1.13. The molecule has 0 radical (unpaired) electrons. The van der Waals surface area contributed by atoms with Crippen molar-refractivity contribution >= 4 is 5.97 Å². The lowest BCUT2D eigenvalue weighted by molar-refractivity contribution is 0.0190. The maximum absolute atomic E-state index is 11.1. The van der Waals surface area contributed by atoms with Crippen LogP contribution in [0, 0.1) is 5.92 Å². The van der Waals surface area contributed by atoms with Gasteiger partial charge in [0.25, 0.3) is 0 Å². The fraction of sp³-hybridized carbons (Fsp3) is 0.545. The number of aromatic amines is 1. The molecule has 90 valence electrons. The predicted molar refractivity (Wildman–Crippen MR) is 59.8 cm³/mol. The molecule has 0 spiro atoms. The van der Waals surface area contributed by atoms with Crippen molar-refractivity contribution in [2.45, 2.75) is 20.4 Å². The van der Waals surface area contributed by atoms with Crippen LogP contribution >= 0.6 is 0 Å². The second-order valence-electron chi connectivity index (χ2n) is 3.91. The Morgan fingerprint density at radius 2 is 2.25 bits per heavy atom. The molecule has 0 atom stereocenters. The summed E-state index contributed by atoms with van der Waals surface area (Å²) in [6.07, 6.45) is 0. The number of hydrogen-bond acceptors (Lipinski definition) is 4. The number of carbonyl (C=O) groups excluding carboxylic acids is 1. The molecule has 1 aromatic rings. The van der Waals surface area contributed by atoms with Gasteiger partial charge in [-0.05, 0) is 18.1 Å². The van der Waals surface area contributed by atoms with E-state index in [-0.39, 0.29) is 5.97 Å². The first-order valence-electron chi connectivity index (χ1n) is 5.24. The van der Waals surface area contributed by atoms with Crippen molar-refractivity contribution in [3.63, 3.8) is 0 Å². The minimum Gasteiger partial charge on any atom is -0.464 e.